The van der Waals surface area contributed by atoms with E-state index in [9.17, 15) is 9.59 Å². The summed E-state index contributed by atoms with van der Waals surface area (Å²) < 4.78 is 6.53. The number of hydrogen-bond donors (Lipinski definition) is 2. The second kappa shape index (κ2) is 5.44. The predicted molar refractivity (Wildman–Crippen MR) is 64.5 cm³/mol. The lowest BCUT2D eigenvalue weighted by atomic mass is 10.2. The first kappa shape index (κ1) is 13.0. The fourth-order valence-corrected chi connectivity index (χ4v) is 1.59. The maximum Gasteiger partial charge on any atom is 0.335 e. The lowest BCUT2D eigenvalue weighted by Crippen LogP contribution is -2.20. The number of fused-ring (bicyclic) bond motifs is 1. The van der Waals surface area contributed by atoms with Crippen LogP contribution in [0.15, 0.2) is 18.2 Å². The van der Waals surface area contributed by atoms with Gasteiger partial charge in [-0.1, -0.05) is 5.21 Å². The number of nitrogens with zero attached hydrogens (tertiary/aromatic N) is 3. The van der Waals surface area contributed by atoms with E-state index in [1.54, 1.807) is 6.07 Å². The minimum Gasteiger partial charge on any atom is -0.478 e. The number of rotatable bonds is 6. The molecule has 1 aromatic carbocycles. The zero-order chi connectivity index (χ0) is 13.8. The van der Waals surface area contributed by atoms with Gasteiger partial charge in [-0.15, -0.1) is 5.10 Å². The number of nitrogens with two attached hydrogens (primary N) is 1. The maximum absolute atomic E-state index is 10.9. The molecule has 0 aliphatic carbocycles. The Labute approximate surface area is 107 Å². The lowest BCUT2D eigenvalue weighted by molar-refractivity contribution is -0.122. The molecule has 2 rings (SSSR count). The minimum atomic E-state index is -1.01. The van der Waals surface area contributed by atoms with Crippen LogP contribution in [0.25, 0.3) is 11.0 Å². The summed E-state index contributed by atoms with van der Waals surface area (Å²) in [6.45, 7) is 0.429. The quantitative estimate of drug-likeness (QED) is 0.687. The van der Waals surface area contributed by atoms with Crippen molar-refractivity contribution < 1.29 is 19.4 Å². The monoisotopic (exact) mass is 264 g/mol. The standard InChI is InChI=1S/C11H12N4O4/c12-10(16)6-19-4-3-15-9-5-7(11(17)18)1-2-8(9)13-14-15/h1-2,5H,3-4,6H2,(H2,12,16)(H,17,18). The van der Waals surface area contributed by atoms with Crippen molar-refractivity contribution in [1.29, 1.82) is 0 Å². The molecule has 0 saturated heterocycles. The van der Waals surface area contributed by atoms with Crippen LogP contribution in [0.4, 0.5) is 0 Å². The molecule has 2 aromatic rings. The van der Waals surface area contributed by atoms with Crippen LogP contribution in [0.3, 0.4) is 0 Å². The van der Waals surface area contributed by atoms with Crippen LogP contribution in [0.5, 0.6) is 0 Å². The average molecular weight is 264 g/mol. The Kier molecular flexibility index (Phi) is 3.71. The van der Waals surface area contributed by atoms with Gasteiger partial charge < -0.3 is 15.6 Å². The van der Waals surface area contributed by atoms with E-state index >= 15 is 0 Å². The summed E-state index contributed by atoms with van der Waals surface area (Å²) in [6, 6.07) is 4.55. The van der Waals surface area contributed by atoms with Gasteiger partial charge in [-0.2, -0.15) is 0 Å². The van der Waals surface area contributed by atoms with Crippen LogP contribution >= 0.6 is 0 Å². The third-order valence-electron chi connectivity index (χ3n) is 2.45. The maximum atomic E-state index is 10.9. The number of primary amides is 1. The summed E-state index contributed by atoms with van der Waals surface area (Å²) in [7, 11) is 0. The van der Waals surface area contributed by atoms with Crippen LogP contribution in [0.1, 0.15) is 10.4 Å². The van der Waals surface area contributed by atoms with Gasteiger partial charge in [0.25, 0.3) is 0 Å². The van der Waals surface area contributed by atoms with Crippen molar-refractivity contribution in [2.75, 3.05) is 13.2 Å². The number of carboxylic acid groups (broad SMARTS) is 1. The van der Waals surface area contributed by atoms with Crippen molar-refractivity contribution >= 4 is 22.9 Å². The van der Waals surface area contributed by atoms with Gasteiger partial charge in [-0.05, 0) is 18.2 Å². The van der Waals surface area contributed by atoms with Crippen LogP contribution in [0.2, 0.25) is 0 Å². The highest BCUT2D eigenvalue weighted by Gasteiger charge is 2.09. The van der Waals surface area contributed by atoms with Crippen LogP contribution < -0.4 is 5.73 Å². The number of ether oxygens (including phenoxy) is 1. The Morgan fingerprint density at radius 3 is 2.89 bits per heavy atom. The molecule has 1 amide bonds. The zero-order valence-electron chi connectivity index (χ0n) is 9.94. The molecule has 0 atom stereocenters. The van der Waals surface area contributed by atoms with E-state index in [4.69, 9.17) is 15.6 Å². The summed E-state index contributed by atoms with van der Waals surface area (Å²) in [4.78, 5) is 21.4. The zero-order valence-corrected chi connectivity index (χ0v) is 9.94. The third-order valence-corrected chi connectivity index (χ3v) is 2.45. The molecular weight excluding hydrogens is 252 g/mol. The van der Waals surface area contributed by atoms with Crippen molar-refractivity contribution in [2.45, 2.75) is 6.54 Å². The van der Waals surface area contributed by atoms with Gasteiger partial charge >= 0.3 is 5.97 Å². The van der Waals surface area contributed by atoms with Gasteiger partial charge in [0.15, 0.2) is 0 Å². The number of carboxylic acids is 1. The van der Waals surface area contributed by atoms with E-state index in [0.29, 0.717) is 17.6 Å². The van der Waals surface area contributed by atoms with Gasteiger partial charge in [0.1, 0.15) is 12.1 Å². The highest BCUT2D eigenvalue weighted by Crippen LogP contribution is 2.13. The second-order valence-corrected chi connectivity index (χ2v) is 3.84. The normalized spacial score (nSPS) is 10.7. The highest BCUT2D eigenvalue weighted by molar-refractivity contribution is 5.92. The van der Waals surface area contributed by atoms with Gasteiger partial charge in [0.2, 0.25) is 5.91 Å². The van der Waals surface area contributed by atoms with Crippen molar-refractivity contribution in [3.8, 4) is 0 Å². The SMILES string of the molecule is NC(=O)COCCn1nnc2ccc(C(=O)O)cc21. The Bertz CT molecular complexity index is 622. The first-order valence-corrected chi connectivity index (χ1v) is 5.50. The molecule has 0 fully saturated rings. The topological polar surface area (TPSA) is 120 Å². The number of hydrogen-bond acceptors (Lipinski definition) is 5. The number of aromatic nitrogens is 3. The molecule has 0 aliphatic rings. The number of carbonyl (C=O) groups is 2. The highest BCUT2D eigenvalue weighted by atomic mass is 16.5. The number of carbonyl (C=O) groups excluding carboxylic acids is 1. The fraction of sp³-hybridized carbons (Fsp3) is 0.273. The molecule has 1 aromatic heterocycles. The number of benzene rings is 1. The molecule has 8 heteroatoms. The van der Waals surface area contributed by atoms with Gasteiger partial charge in [-0.3, -0.25) is 4.79 Å². The number of amides is 1. The Morgan fingerprint density at radius 1 is 1.42 bits per heavy atom. The van der Waals surface area contributed by atoms with Crippen LogP contribution in [-0.4, -0.2) is 45.2 Å². The Hall–Kier alpha value is -2.48. The molecule has 3 N–H and O–H groups in total. The van der Waals surface area contributed by atoms with Crippen molar-refractivity contribution in [3.05, 3.63) is 23.8 Å². The molecular formula is C11H12N4O4. The Balaban J connectivity index is 2.12. The van der Waals surface area contributed by atoms with Crippen molar-refractivity contribution in [1.82, 2.24) is 15.0 Å². The van der Waals surface area contributed by atoms with E-state index in [2.05, 4.69) is 10.3 Å². The smallest absolute Gasteiger partial charge is 0.335 e. The molecule has 0 saturated carbocycles. The predicted octanol–water partition coefficient (Wildman–Crippen LogP) is -0.369. The van der Waals surface area contributed by atoms with Gasteiger partial charge in [0.05, 0.1) is 24.2 Å². The third kappa shape index (κ3) is 3.05. The first-order chi connectivity index (χ1) is 9.08. The first-order valence-electron chi connectivity index (χ1n) is 5.50. The molecule has 0 radical (unpaired) electrons. The minimum absolute atomic E-state index is 0.160. The van der Waals surface area contributed by atoms with Crippen molar-refractivity contribution in [3.63, 3.8) is 0 Å². The molecule has 100 valence electrons. The van der Waals surface area contributed by atoms with Gasteiger partial charge in [-0.25, -0.2) is 9.48 Å². The lowest BCUT2D eigenvalue weighted by Gasteiger charge is -2.03. The van der Waals surface area contributed by atoms with E-state index in [0.717, 1.165) is 0 Å². The van der Waals surface area contributed by atoms with E-state index in [-0.39, 0.29) is 18.8 Å². The molecule has 0 spiro atoms. The van der Waals surface area contributed by atoms with Crippen molar-refractivity contribution in [2.24, 2.45) is 5.73 Å². The van der Waals surface area contributed by atoms with Gasteiger partial charge in [0, 0.05) is 0 Å². The molecule has 0 bridgehead atoms. The molecule has 0 aliphatic heterocycles. The molecule has 1 heterocycles. The summed E-state index contributed by atoms with van der Waals surface area (Å²) in [5.41, 5.74) is 6.29. The van der Waals surface area contributed by atoms with E-state index < -0.39 is 11.9 Å². The summed E-state index contributed by atoms with van der Waals surface area (Å²) >= 11 is 0. The van der Waals surface area contributed by atoms with E-state index in [1.165, 1.54) is 16.8 Å². The molecule has 0 unspecified atom stereocenters. The largest absolute Gasteiger partial charge is 0.478 e. The van der Waals surface area contributed by atoms with Crippen LogP contribution in [0, 0.1) is 0 Å². The van der Waals surface area contributed by atoms with E-state index in [1.807, 2.05) is 0 Å². The Morgan fingerprint density at radius 2 is 2.21 bits per heavy atom. The second-order valence-electron chi connectivity index (χ2n) is 3.84. The summed E-state index contributed by atoms with van der Waals surface area (Å²) in [6.07, 6.45) is 0. The fourth-order valence-electron chi connectivity index (χ4n) is 1.59. The number of aromatic carboxylic acids is 1. The summed E-state index contributed by atoms with van der Waals surface area (Å²) in [5, 5.41) is 16.7. The molecule has 19 heavy (non-hydrogen) atoms. The van der Waals surface area contributed by atoms with Crippen LogP contribution in [-0.2, 0) is 16.1 Å². The summed E-state index contributed by atoms with van der Waals surface area (Å²) in [5.74, 6) is -1.56. The molecule has 8 nitrogen and oxygen atoms in total. The average Bonchev–Trinajstić information content (AvgIpc) is 2.76.